The lowest BCUT2D eigenvalue weighted by atomic mass is 9.83. The Hall–Kier alpha value is -4.19. The Morgan fingerprint density at radius 1 is 1.16 bits per heavy atom. The molecule has 0 fully saturated rings. The SMILES string of the molecule is CCOC(=O)C1=C(C)OC(N)=C(C#N)C1c1ccc(OCc2ccc(C(=O)OC)o2)cc1. The summed E-state index contributed by atoms with van der Waals surface area (Å²) in [7, 11) is 1.27. The number of hydrogen-bond acceptors (Lipinski definition) is 9. The van der Waals surface area contributed by atoms with Crippen molar-refractivity contribution in [1.29, 1.82) is 5.26 Å². The molecular formula is C23H22N2O7. The van der Waals surface area contributed by atoms with Crippen LogP contribution in [0.2, 0.25) is 0 Å². The van der Waals surface area contributed by atoms with Gasteiger partial charge in [-0.2, -0.15) is 5.26 Å². The lowest BCUT2D eigenvalue weighted by molar-refractivity contribution is -0.139. The van der Waals surface area contributed by atoms with Gasteiger partial charge < -0.3 is 29.1 Å². The number of nitrogens with two attached hydrogens (primary N) is 1. The largest absolute Gasteiger partial charge is 0.486 e. The molecule has 9 nitrogen and oxygen atoms in total. The zero-order valence-electron chi connectivity index (χ0n) is 17.8. The Bertz CT molecular complexity index is 1120. The van der Waals surface area contributed by atoms with Crippen molar-refractivity contribution in [3.63, 3.8) is 0 Å². The molecule has 2 N–H and O–H groups in total. The molecule has 0 saturated carbocycles. The van der Waals surface area contributed by atoms with E-state index in [0.29, 0.717) is 17.1 Å². The van der Waals surface area contributed by atoms with Gasteiger partial charge in [-0.1, -0.05) is 12.1 Å². The Labute approximate surface area is 184 Å². The van der Waals surface area contributed by atoms with Crippen LogP contribution in [0, 0.1) is 11.3 Å². The summed E-state index contributed by atoms with van der Waals surface area (Å²) in [5.74, 6) is -0.590. The van der Waals surface area contributed by atoms with Crippen molar-refractivity contribution in [2.24, 2.45) is 5.73 Å². The average Bonchev–Trinajstić information content (AvgIpc) is 3.26. The van der Waals surface area contributed by atoms with E-state index < -0.39 is 17.9 Å². The van der Waals surface area contributed by atoms with Gasteiger partial charge in [0, 0.05) is 0 Å². The van der Waals surface area contributed by atoms with Crippen LogP contribution < -0.4 is 10.5 Å². The first-order valence-electron chi connectivity index (χ1n) is 9.74. The summed E-state index contributed by atoms with van der Waals surface area (Å²) >= 11 is 0. The van der Waals surface area contributed by atoms with Gasteiger partial charge in [-0.15, -0.1) is 0 Å². The minimum atomic E-state index is -0.727. The fourth-order valence-electron chi connectivity index (χ4n) is 3.26. The van der Waals surface area contributed by atoms with E-state index in [9.17, 15) is 14.9 Å². The summed E-state index contributed by atoms with van der Waals surface area (Å²) in [6.07, 6.45) is 0. The quantitative estimate of drug-likeness (QED) is 0.646. The molecule has 9 heteroatoms. The molecule has 0 saturated heterocycles. The van der Waals surface area contributed by atoms with E-state index in [0.717, 1.165) is 0 Å². The molecule has 0 aliphatic carbocycles. The smallest absolute Gasteiger partial charge is 0.373 e. The number of nitrogens with zero attached hydrogens (tertiary/aromatic N) is 1. The van der Waals surface area contributed by atoms with E-state index in [4.69, 9.17) is 24.4 Å². The first-order chi connectivity index (χ1) is 15.4. The molecule has 0 bridgehead atoms. The Morgan fingerprint density at radius 3 is 2.50 bits per heavy atom. The van der Waals surface area contributed by atoms with Crippen molar-refractivity contribution >= 4 is 11.9 Å². The summed E-state index contributed by atoms with van der Waals surface area (Å²) < 4.78 is 26.2. The summed E-state index contributed by atoms with van der Waals surface area (Å²) in [6, 6.07) is 12.0. The van der Waals surface area contributed by atoms with Crippen molar-refractivity contribution in [1.82, 2.24) is 0 Å². The van der Waals surface area contributed by atoms with Gasteiger partial charge in [0.2, 0.25) is 11.6 Å². The van der Waals surface area contributed by atoms with Gasteiger partial charge in [0.25, 0.3) is 0 Å². The number of esters is 2. The van der Waals surface area contributed by atoms with Crippen LogP contribution in [0.15, 0.2) is 63.6 Å². The van der Waals surface area contributed by atoms with Gasteiger partial charge in [0.1, 0.15) is 35.5 Å². The van der Waals surface area contributed by atoms with Crippen molar-refractivity contribution in [2.45, 2.75) is 26.4 Å². The van der Waals surface area contributed by atoms with Gasteiger partial charge >= 0.3 is 11.9 Å². The number of carbonyl (C=O) groups excluding carboxylic acids is 2. The summed E-state index contributed by atoms with van der Waals surface area (Å²) in [4.78, 5) is 24.0. The van der Waals surface area contributed by atoms with Gasteiger partial charge in [-0.3, -0.25) is 0 Å². The third-order valence-corrected chi connectivity index (χ3v) is 4.74. The molecule has 1 aromatic carbocycles. The normalized spacial score (nSPS) is 15.6. The zero-order chi connectivity index (χ0) is 23.3. The highest BCUT2D eigenvalue weighted by molar-refractivity contribution is 5.92. The molecule has 0 amide bonds. The van der Waals surface area contributed by atoms with Gasteiger partial charge in [0.05, 0.1) is 25.2 Å². The molecule has 2 heterocycles. The highest BCUT2D eigenvalue weighted by atomic mass is 16.5. The summed E-state index contributed by atoms with van der Waals surface area (Å²) in [5, 5.41) is 9.62. The fourth-order valence-corrected chi connectivity index (χ4v) is 3.26. The van der Waals surface area contributed by atoms with E-state index in [1.165, 1.54) is 13.2 Å². The fraction of sp³-hybridized carbons (Fsp3) is 0.261. The zero-order valence-corrected chi connectivity index (χ0v) is 17.8. The first kappa shape index (κ1) is 22.5. The predicted molar refractivity (Wildman–Crippen MR) is 111 cm³/mol. The van der Waals surface area contributed by atoms with E-state index >= 15 is 0 Å². The Balaban J connectivity index is 1.81. The number of furan rings is 1. The molecule has 0 spiro atoms. The molecule has 1 atom stereocenters. The van der Waals surface area contributed by atoms with Crippen LogP contribution in [0.5, 0.6) is 5.75 Å². The maximum Gasteiger partial charge on any atom is 0.373 e. The third-order valence-electron chi connectivity index (χ3n) is 4.74. The van der Waals surface area contributed by atoms with Crippen LogP contribution in [0.3, 0.4) is 0 Å². The monoisotopic (exact) mass is 438 g/mol. The van der Waals surface area contributed by atoms with Gasteiger partial charge in [0.15, 0.2) is 0 Å². The summed E-state index contributed by atoms with van der Waals surface area (Å²) in [6.45, 7) is 3.57. The maximum atomic E-state index is 12.6. The van der Waals surface area contributed by atoms with Crippen LogP contribution in [-0.4, -0.2) is 25.7 Å². The molecule has 1 aromatic heterocycles. The summed E-state index contributed by atoms with van der Waals surface area (Å²) in [5.41, 5.74) is 6.89. The third kappa shape index (κ3) is 4.59. The van der Waals surface area contributed by atoms with Crippen molar-refractivity contribution in [2.75, 3.05) is 13.7 Å². The van der Waals surface area contributed by atoms with Gasteiger partial charge in [-0.05, 0) is 43.7 Å². The molecule has 166 valence electrons. The molecular weight excluding hydrogens is 416 g/mol. The number of carbonyl (C=O) groups is 2. The molecule has 1 aliphatic rings. The first-order valence-corrected chi connectivity index (χ1v) is 9.74. The number of benzene rings is 1. The van der Waals surface area contributed by atoms with Crippen LogP contribution in [0.25, 0.3) is 0 Å². The molecule has 1 aliphatic heterocycles. The number of hydrogen-bond donors (Lipinski definition) is 1. The number of rotatable bonds is 7. The Kier molecular flexibility index (Phi) is 6.85. The molecule has 1 unspecified atom stereocenters. The highest BCUT2D eigenvalue weighted by Gasteiger charge is 2.36. The van der Waals surface area contributed by atoms with Gasteiger partial charge in [-0.25, -0.2) is 9.59 Å². The van der Waals surface area contributed by atoms with Crippen molar-refractivity contribution in [3.05, 3.63) is 76.3 Å². The van der Waals surface area contributed by atoms with E-state index in [2.05, 4.69) is 4.74 Å². The van der Waals surface area contributed by atoms with E-state index in [1.54, 1.807) is 44.2 Å². The van der Waals surface area contributed by atoms with Crippen LogP contribution >= 0.6 is 0 Å². The van der Waals surface area contributed by atoms with Crippen LogP contribution in [0.1, 0.15) is 41.6 Å². The van der Waals surface area contributed by atoms with Crippen LogP contribution in [-0.2, 0) is 25.6 Å². The molecule has 3 rings (SSSR count). The van der Waals surface area contributed by atoms with E-state index in [1.807, 2.05) is 6.07 Å². The number of nitriles is 1. The standard InChI is InChI=1S/C23H22N2O7/c1-4-29-23(27)19-13(2)31-21(25)17(11-24)20(19)14-5-7-15(8-6-14)30-12-16-9-10-18(32-16)22(26)28-3/h5-10,20H,4,12,25H2,1-3H3. The second kappa shape index (κ2) is 9.75. The second-order valence-corrected chi connectivity index (χ2v) is 6.73. The molecule has 2 aromatic rings. The number of ether oxygens (including phenoxy) is 4. The highest BCUT2D eigenvalue weighted by Crippen LogP contribution is 2.40. The number of methoxy groups -OCH3 is 1. The lowest BCUT2D eigenvalue weighted by Gasteiger charge is -2.26. The average molecular weight is 438 g/mol. The van der Waals surface area contributed by atoms with Crippen molar-refractivity contribution in [3.8, 4) is 11.8 Å². The predicted octanol–water partition coefficient (Wildman–Crippen LogP) is 3.29. The molecule has 0 radical (unpaired) electrons. The van der Waals surface area contributed by atoms with Crippen molar-refractivity contribution < 1.29 is 33.0 Å². The minimum absolute atomic E-state index is 0.0531. The minimum Gasteiger partial charge on any atom is -0.486 e. The van der Waals surface area contributed by atoms with Crippen LogP contribution in [0.4, 0.5) is 0 Å². The maximum absolute atomic E-state index is 12.6. The topological polar surface area (TPSA) is 134 Å². The second-order valence-electron chi connectivity index (χ2n) is 6.73. The lowest BCUT2D eigenvalue weighted by Crippen LogP contribution is -2.25. The molecule has 32 heavy (non-hydrogen) atoms. The number of allylic oxidation sites excluding steroid dienone is 2. The van der Waals surface area contributed by atoms with E-state index in [-0.39, 0.29) is 41.8 Å². The Morgan fingerprint density at radius 2 is 1.88 bits per heavy atom.